The molecule has 0 saturated carbocycles. The molecule has 3 heteroatoms. The predicted octanol–water partition coefficient (Wildman–Crippen LogP) is 0.698. The second kappa shape index (κ2) is 1.83. The highest BCUT2D eigenvalue weighted by atomic mass is 16.5. The third kappa shape index (κ3) is 0.671. The van der Waals surface area contributed by atoms with Gasteiger partial charge in [-0.15, -0.1) is 0 Å². The Labute approximate surface area is 59.4 Å². The van der Waals surface area contributed by atoms with Crippen molar-refractivity contribution in [2.24, 2.45) is 0 Å². The number of rotatable bonds is 1. The van der Waals surface area contributed by atoms with E-state index in [4.69, 9.17) is 4.74 Å². The molecule has 1 aromatic rings. The molecule has 0 aromatic carbocycles. The van der Waals surface area contributed by atoms with E-state index in [1.807, 2.05) is 6.07 Å². The van der Waals surface area contributed by atoms with Crippen molar-refractivity contribution in [1.82, 2.24) is 10.2 Å². The van der Waals surface area contributed by atoms with Gasteiger partial charge in [0.2, 0.25) is 0 Å². The summed E-state index contributed by atoms with van der Waals surface area (Å²) in [5.41, 5.74) is 1.38. The zero-order chi connectivity index (χ0) is 7.03. The zero-order valence-electron chi connectivity index (χ0n) is 5.92. The van der Waals surface area contributed by atoms with Gasteiger partial charge in [0, 0.05) is 11.9 Å². The van der Waals surface area contributed by atoms with Crippen LogP contribution in [0.5, 0.6) is 0 Å². The van der Waals surface area contributed by atoms with Crippen LogP contribution in [-0.2, 0) is 10.2 Å². The summed E-state index contributed by atoms with van der Waals surface area (Å²) in [6.07, 6.45) is 1.78. The van der Waals surface area contributed by atoms with E-state index in [1.54, 1.807) is 6.20 Å². The smallest absolute Gasteiger partial charge is 0.0598 e. The van der Waals surface area contributed by atoms with E-state index in [0.717, 1.165) is 13.2 Å². The van der Waals surface area contributed by atoms with Crippen LogP contribution in [0, 0.1) is 0 Å². The maximum atomic E-state index is 5.11. The van der Waals surface area contributed by atoms with Gasteiger partial charge in [0.15, 0.2) is 0 Å². The van der Waals surface area contributed by atoms with E-state index < -0.39 is 0 Å². The summed E-state index contributed by atoms with van der Waals surface area (Å²) < 4.78 is 5.11. The van der Waals surface area contributed by atoms with Gasteiger partial charge in [0.05, 0.1) is 18.6 Å². The fourth-order valence-corrected chi connectivity index (χ4v) is 1.16. The van der Waals surface area contributed by atoms with Gasteiger partial charge >= 0.3 is 0 Å². The van der Waals surface area contributed by atoms with Crippen LogP contribution >= 0.6 is 0 Å². The predicted molar refractivity (Wildman–Crippen MR) is 36.8 cm³/mol. The Kier molecular flexibility index (Phi) is 1.08. The molecule has 0 spiro atoms. The molecule has 2 rings (SSSR count). The quantitative estimate of drug-likeness (QED) is 0.620. The number of hydrogen-bond acceptors (Lipinski definition) is 2. The number of nitrogens with one attached hydrogen (secondary N) is 1. The van der Waals surface area contributed by atoms with Crippen LogP contribution in [0.25, 0.3) is 0 Å². The van der Waals surface area contributed by atoms with Gasteiger partial charge in [0.1, 0.15) is 0 Å². The molecular formula is C7H10N2O. The summed E-state index contributed by atoms with van der Waals surface area (Å²) in [6, 6.07) is 2.00. The third-order valence-corrected chi connectivity index (χ3v) is 1.99. The Morgan fingerprint density at radius 2 is 2.50 bits per heavy atom. The van der Waals surface area contributed by atoms with Crippen molar-refractivity contribution in [3.63, 3.8) is 0 Å². The summed E-state index contributed by atoms with van der Waals surface area (Å²) in [4.78, 5) is 0. The van der Waals surface area contributed by atoms with Gasteiger partial charge in [0.25, 0.3) is 0 Å². The highest BCUT2D eigenvalue weighted by molar-refractivity contribution is 5.16. The van der Waals surface area contributed by atoms with Crippen molar-refractivity contribution >= 4 is 0 Å². The number of aromatic amines is 1. The summed E-state index contributed by atoms with van der Waals surface area (Å²) >= 11 is 0. The van der Waals surface area contributed by atoms with Crippen molar-refractivity contribution in [1.29, 1.82) is 0 Å². The summed E-state index contributed by atoms with van der Waals surface area (Å²) in [5.74, 6) is 0. The van der Waals surface area contributed by atoms with Gasteiger partial charge in [-0.2, -0.15) is 5.10 Å². The Morgan fingerprint density at radius 1 is 1.70 bits per heavy atom. The lowest BCUT2D eigenvalue weighted by Gasteiger charge is -2.36. The fourth-order valence-electron chi connectivity index (χ4n) is 1.16. The van der Waals surface area contributed by atoms with Crippen LogP contribution in [0.15, 0.2) is 12.3 Å². The molecule has 1 N–H and O–H groups in total. The minimum absolute atomic E-state index is 0.205. The van der Waals surface area contributed by atoms with E-state index in [-0.39, 0.29) is 5.41 Å². The topological polar surface area (TPSA) is 37.9 Å². The first-order valence-electron chi connectivity index (χ1n) is 3.39. The fraction of sp³-hybridized carbons (Fsp3) is 0.571. The van der Waals surface area contributed by atoms with Gasteiger partial charge in [-0.25, -0.2) is 0 Å². The monoisotopic (exact) mass is 138 g/mol. The number of ether oxygens (including phenoxy) is 1. The molecule has 1 fully saturated rings. The molecule has 0 atom stereocenters. The molecule has 0 bridgehead atoms. The first kappa shape index (κ1) is 5.92. The highest BCUT2D eigenvalue weighted by Gasteiger charge is 2.36. The number of hydrogen-bond donors (Lipinski definition) is 1. The van der Waals surface area contributed by atoms with Crippen molar-refractivity contribution < 1.29 is 4.74 Å². The maximum absolute atomic E-state index is 5.11. The van der Waals surface area contributed by atoms with E-state index in [9.17, 15) is 0 Å². The lowest BCUT2D eigenvalue weighted by Crippen LogP contribution is -2.44. The van der Waals surface area contributed by atoms with Gasteiger partial charge in [-0.3, -0.25) is 5.10 Å². The second-order valence-electron chi connectivity index (χ2n) is 3.02. The average molecular weight is 138 g/mol. The molecule has 3 nitrogen and oxygen atoms in total. The first-order chi connectivity index (χ1) is 4.81. The van der Waals surface area contributed by atoms with Gasteiger partial charge in [-0.05, 0) is 13.0 Å². The summed E-state index contributed by atoms with van der Waals surface area (Å²) in [5, 5.41) is 6.84. The number of nitrogens with zero attached hydrogens (tertiary/aromatic N) is 1. The highest BCUT2D eigenvalue weighted by Crippen LogP contribution is 2.29. The van der Waals surface area contributed by atoms with E-state index in [1.165, 1.54) is 5.69 Å². The van der Waals surface area contributed by atoms with Crippen LogP contribution in [0.2, 0.25) is 0 Å². The molecule has 1 aliphatic heterocycles. The molecular weight excluding hydrogens is 128 g/mol. The Balaban J connectivity index is 2.27. The number of aromatic nitrogens is 2. The van der Waals surface area contributed by atoms with Crippen molar-refractivity contribution in [2.75, 3.05) is 13.2 Å². The van der Waals surface area contributed by atoms with E-state index >= 15 is 0 Å². The zero-order valence-corrected chi connectivity index (χ0v) is 5.92. The molecule has 0 aliphatic carbocycles. The molecule has 1 saturated heterocycles. The largest absolute Gasteiger partial charge is 0.379 e. The number of H-pyrrole nitrogens is 1. The normalized spacial score (nSPS) is 22.1. The van der Waals surface area contributed by atoms with Crippen LogP contribution in [0.3, 0.4) is 0 Å². The average Bonchev–Trinajstić information content (AvgIpc) is 2.33. The van der Waals surface area contributed by atoms with Crippen LogP contribution < -0.4 is 0 Å². The summed E-state index contributed by atoms with van der Waals surface area (Å²) in [6.45, 7) is 3.80. The second-order valence-corrected chi connectivity index (χ2v) is 3.02. The molecule has 0 amide bonds. The minimum atomic E-state index is 0.205. The SMILES string of the molecule is CC1(c2ccn[nH]2)COC1. The molecule has 2 heterocycles. The standard InChI is InChI=1S/C7H10N2O/c1-7(4-10-5-7)6-2-3-8-9-6/h2-3H,4-5H2,1H3,(H,8,9). The van der Waals surface area contributed by atoms with Crippen LogP contribution in [0.1, 0.15) is 12.6 Å². The van der Waals surface area contributed by atoms with Gasteiger partial charge in [-0.1, -0.05) is 0 Å². The van der Waals surface area contributed by atoms with Crippen molar-refractivity contribution in [2.45, 2.75) is 12.3 Å². The molecule has 10 heavy (non-hydrogen) atoms. The Bertz CT molecular complexity index is 214. The van der Waals surface area contributed by atoms with Gasteiger partial charge < -0.3 is 4.74 Å². The lowest BCUT2D eigenvalue weighted by molar-refractivity contribution is -0.0521. The first-order valence-corrected chi connectivity index (χ1v) is 3.39. The van der Waals surface area contributed by atoms with Crippen LogP contribution in [0.4, 0.5) is 0 Å². The van der Waals surface area contributed by atoms with Crippen molar-refractivity contribution in [3.8, 4) is 0 Å². The molecule has 54 valence electrons. The molecule has 1 aliphatic rings. The maximum Gasteiger partial charge on any atom is 0.0598 e. The van der Waals surface area contributed by atoms with E-state index in [2.05, 4.69) is 17.1 Å². The molecule has 1 aromatic heterocycles. The Hall–Kier alpha value is -0.830. The third-order valence-electron chi connectivity index (χ3n) is 1.99. The molecule has 0 unspecified atom stereocenters. The lowest BCUT2D eigenvalue weighted by atomic mass is 9.85. The van der Waals surface area contributed by atoms with Crippen molar-refractivity contribution in [3.05, 3.63) is 18.0 Å². The van der Waals surface area contributed by atoms with Crippen LogP contribution in [-0.4, -0.2) is 23.4 Å². The Morgan fingerprint density at radius 3 is 2.90 bits per heavy atom. The summed E-state index contributed by atoms with van der Waals surface area (Å²) in [7, 11) is 0. The molecule has 0 radical (unpaired) electrons. The van der Waals surface area contributed by atoms with E-state index in [0.29, 0.717) is 0 Å². The minimum Gasteiger partial charge on any atom is -0.379 e.